The Hall–Kier alpha value is -0.240. The first-order chi connectivity index (χ1) is 8.76. The Morgan fingerprint density at radius 3 is 1.39 bits per heavy atom. The number of likely N-dealkylation sites (N-methyl/N-ethyl adjacent to an activating group) is 2. The monoisotopic (exact) mass is 262 g/mol. The van der Waals surface area contributed by atoms with Gasteiger partial charge in [-0.1, -0.05) is 0 Å². The minimum absolute atomic E-state index is 0.245. The normalized spacial score (nSPS) is 35.3. The topological polar surface area (TPSA) is 61.0 Å². The van der Waals surface area contributed by atoms with E-state index in [4.69, 9.17) is 18.9 Å². The lowest BCUT2D eigenvalue weighted by Crippen LogP contribution is -2.37. The second kappa shape index (κ2) is 8.79. The molecule has 108 valence electrons. The van der Waals surface area contributed by atoms with E-state index in [2.05, 4.69) is 10.6 Å². The number of ether oxygens (including phenoxy) is 4. The molecule has 0 saturated carbocycles. The molecule has 0 unspecified atom stereocenters. The van der Waals surface area contributed by atoms with Crippen LogP contribution in [0.25, 0.3) is 0 Å². The van der Waals surface area contributed by atoms with Crippen LogP contribution in [0.3, 0.4) is 0 Å². The molecule has 6 nitrogen and oxygen atoms in total. The highest BCUT2D eigenvalue weighted by Gasteiger charge is 2.26. The van der Waals surface area contributed by atoms with Gasteiger partial charge in [-0.05, 0) is 14.1 Å². The van der Waals surface area contributed by atoms with Gasteiger partial charge in [0, 0.05) is 14.2 Å². The van der Waals surface area contributed by atoms with Gasteiger partial charge in [0.1, 0.15) is 0 Å². The molecule has 0 amide bonds. The molecular weight excluding hydrogens is 236 g/mol. The summed E-state index contributed by atoms with van der Waals surface area (Å²) in [7, 11) is 7.27. The second-order valence-corrected chi connectivity index (χ2v) is 4.41. The van der Waals surface area contributed by atoms with Gasteiger partial charge in [0.05, 0.1) is 50.7 Å². The molecule has 4 atom stereocenters. The lowest BCUT2D eigenvalue weighted by molar-refractivity contribution is 0.0744. The standard InChI is InChI=1S/2C6H13NO2/c2*1-7-5-3-9-4-6(5)8-2/h2*5-7H,3-4H2,1-2H3/t2*5-,6+/m10/s1. The van der Waals surface area contributed by atoms with Gasteiger partial charge in [0.2, 0.25) is 0 Å². The fourth-order valence-electron chi connectivity index (χ4n) is 2.07. The van der Waals surface area contributed by atoms with Gasteiger partial charge in [-0.3, -0.25) is 0 Å². The van der Waals surface area contributed by atoms with Gasteiger partial charge in [0.25, 0.3) is 0 Å². The Kier molecular flexibility index (Phi) is 7.73. The molecule has 2 rings (SSSR count). The van der Waals surface area contributed by atoms with Gasteiger partial charge in [-0.25, -0.2) is 0 Å². The third-order valence-corrected chi connectivity index (χ3v) is 3.40. The molecule has 18 heavy (non-hydrogen) atoms. The highest BCUT2D eigenvalue weighted by molar-refractivity contribution is 4.80. The highest BCUT2D eigenvalue weighted by Crippen LogP contribution is 2.07. The van der Waals surface area contributed by atoms with Crippen molar-refractivity contribution in [3.8, 4) is 0 Å². The van der Waals surface area contributed by atoms with Crippen molar-refractivity contribution < 1.29 is 18.9 Å². The molecule has 6 heteroatoms. The van der Waals surface area contributed by atoms with Crippen LogP contribution in [0.1, 0.15) is 0 Å². The first-order valence-electron chi connectivity index (χ1n) is 6.32. The van der Waals surface area contributed by atoms with Crippen LogP contribution < -0.4 is 10.6 Å². The number of hydrogen-bond donors (Lipinski definition) is 2. The van der Waals surface area contributed by atoms with E-state index in [-0.39, 0.29) is 12.2 Å². The molecular formula is C12H26N2O4. The molecule has 0 aromatic carbocycles. The average Bonchev–Trinajstić information content (AvgIpc) is 3.06. The number of methoxy groups -OCH3 is 2. The van der Waals surface area contributed by atoms with E-state index in [1.54, 1.807) is 14.2 Å². The maximum atomic E-state index is 5.16. The fraction of sp³-hybridized carbons (Fsp3) is 1.00. The lowest BCUT2D eigenvalue weighted by Gasteiger charge is -2.13. The van der Waals surface area contributed by atoms with E-state index in [9.17, 15) is 0 Å². The van der Waals surface area contributed by atoms with Gasteiger partial charge >= 0.3 is 0 Å². The third kappa shape index (κ3) is 4.46. The molecule has 0 bridgehead atoms. The van der Waals surface area contributed by atoms with E-state index in [0.29, 0.717) is 12.1 Å². The van der Waals surface area contributed by atoms with Crippen molar-refractivity contribution >= 4 is 0 Å². The smallest absolute Gasteiger partial charge is 0.0979 e. The van der Waals surface area contributed by atoms with E-state index in [0.717, 1.165) is 26.4 Å². The van der Waals surface area contributed by atoms with Crippen LogP contribution >= 0.6 is 0 Å². The molecule has 2 heterocycles. The van der Waals surface area contributed by atoms with Crippen LogP contribution in [0, 0.1) is 0 Å². The first kappa shape index (κ1) is 15.8. The minimum Gasteiger partial charge on any atom is -0.377 e. The Morgan fingerprint density at radius 1 is 0.778 bits per heavy atom. The maximum Gasteiger partial charge on any atom is 0.0979 e. The molecule has 0 radical (unpaired) electrons. The maximum absolute atomic E-state index is 5.16. The Morgan fingerprint density at radius 2 is 1.17 bits per heavy atom. The summed E-state index contributed by atoms with van der Waals surface area (Å²) in [5, 5.41) is 6.23. The van der Waals surface area contributed by atoms with Crippen molar-refractivity contribution in [1.82, 2.24) is 10.6 Å². The highest BCUT2D eigenvalue weighted by atomic mass is 16.5. The van der Waals surface area contributed by atoms with Crippen LogP contribution in [0.2, 0.25) is 0 Å². The zero-order chi connectivity index (χ0) is 13.4. The third-order valence-electron chi connectivity index (χ3n) is 3.40. The zero-order valence-corrected chi connectivity index (χ0v) is 11.8. The van der Waals surface area contributed by atoms with Crippen molar-refractivity contribution in [2.45, 2.75) is 24.3 Å². The molecule has 0 aromatic heterocycles. The van der Waals surface area contributed by atoms with Crippen LogP contribution in [-0.4, -0.2) is 79.0 Å². The van der Waals surface area contributed by atoms with E-state index < -0.39 is 0 Å². The number of rotatable bonds is 4. The van der Waals surface area contributed by atoms with Gasteiger partial charge in [0.15, 0.2) is 0 Å². The summed E-state index contributed by atoms with van der Waals surface area (Å²) < 4.78 is 20.6. The fourth-order valence-corrected chi connectivity index (χ4v) is 2.07. The average molecular weight is 262 g/mol. The summed E-state index contributed by atoms with van der Waals surface area (Å²) in [4.78, 5) is 0. The number of hydrogen-bond acceptors (Lipinski definition) is 6. The first-order valence-corrected chi connectivity index (χ1v) is 6.32. The van der Waals surface area contributed by atoms with E-state index in [1.165, 1.54) is 0 Å². The van der Waals surface area contributed by atoms with Crippen molar-refractivity contribution in [3.05, 3.63) is 0 Å². The summed E-state index contributed by atoms with van der Waals surface area (Å²) in [6.07, 6.45) is 0.491. The largest absolute Gasteiger partial charge is 0.377 e. The van der Waals surface area contributed by atoms with Crippen LogP contribution in [0.15, 0.2) is 0 Å². The van der Waals surface area contributed by atoms with Crippen molar-refractivity contribution in [2.24, 2.45) is 0 Å². The summed E-state index contributed by atoms with van der Waals surface area (Å²) in [5.74, 6) is 0. The lowest BCUT2D eigenvalue weighted by atomic mass is 10.2. The quantitative estimate of drug-likeness (QED) is 0.694. The van der Waals surface area contributed by atoms with E-state index >= 15 is 0 Å². The molecule has 0 aromatic rings. The summed E-state index contributed by atoms with van der Waals surface area (Å²) >= 11 is 0. The van der Waals surface area contributed by atoms with Crippen LogP contribution in [0.5, 0.6) is 0 Å². The van der Waals surface area contributed by atoms with Crippen molar-refractivity contribution in [1.29, 1.82) is 0 Å². The van der Waals surface area contributed by atoms with Gasteiger partial charge < -0.3 is 29.6 Å². The van der Waals surface area contributed by atoms with Crippen molar-refractivity contribution in [3.63, 3.8) is 0 Å². The molecule has 0 spiro atoms. The SMILES string of the molecule is CN[C@@H]1COC[C@@H]1OC.CN[C@H]1COC[C@H]1OC. The summed E-state index contributed by atoms with van der Waals surface area (Å²) in [6.45, 7) is 2.99. The minimum atomic E-state index is 0.245. The number of nitrogens with one attached hydrogen (secondary N) is 2. The molecule has 0 aliphatic carbocycles. The predicted octanol–water partition coefficient (Wildman–Crippen LogP) is -0.761. The van der Waals surface area contributed by atoms with Gasteiger partial charge in [-0.15, -0.1) is 0 Å². The Balaban J connectivity index is 0.000000180. The Bertz CT molecular complexity index is 176. The predicted molar refractivity (Wildman–Crippen MR) is 68.9 cm³/mol. The molecule has 2 saturated heterocycles. The zero-order valence-electron chi connectivity index (χ0n) is 11.8. The van der Waals surface area contributed by atoms with Crippen LogP contribution in [-0.2, 0) is 18.9 Å². The van der Waals surface area contributed by atoms with E-state index in [1.807, 2.05) is 14.1 Å². The second-order valence-electron chi connectivity index (χ2n) is 4.41. The van der Waals surface area contributed by atoms with Gasteiger partial charge in [-0.2, -0.15) is 0 Å². The summed E-state index contributed by atoms with van der Waals surface area (Å²) in [5.41, 5.74) is 0. The summed E-state index contributed by atoms with van der Waals surface area (Å²) in [6, 6.07) is 0.769. The molecule has 2 aliphatic heterocycles. The molecule has 2 N–H and O–H groups in total. The molecule has 2 fully saturated rings. The van der Waals surface area contributed by atoms with Crippen LogP contribution in [0.4, 0.5) is 0 Å². The van der Waals surface area contributed by atoms with Crippen molar-refractivity contribution in [2.75, 3.05) is 54.7 Å². The molecule has 2 aliphatic rings. The Labute approximate surface area is 109 Å².